The van der Waals surface area contributed by atoms with Crippen molar-refractivity contribution < 1.29 is 13.2 Å². The third-order valence-electron chi connectivity index (χ3n) is 1.65. The zero-order valence-corrected chi connectivity index (χ0v) is 7.73. The predicted molar refractivity (Wildman–Crippen MR) is 46.1 cm³/mol. The number of hydrogen-bond acceptors (Lipinski definition) is 2. The third-order valence-corrected chi connectivity index (χ3v) is 1.65. The van der Waals surface area contributed by atoms with Crippen molar-refractivity contribution in [2.45, 2.75) is 25.6 Å². The highest BCUT2D eigenvalue weighted by Gasteiger charge is 2.39. The Labute approximate surface area is 81.1 Å². The molecule has 0 aliphatic rings. The number of alkyl halides is 3. The summed E-state index contributed by atoms with van der Waals surface area (Å²) < 4.78 is 36.2. The van der Waals surface area contributed by atoms with E-state index in [1.807, 2.05) is 0 Å². The molecule has 14 heavy (non-hydrogen) atoms. The standard InChI is InChI=1S/C9H11F3N2/c1-3-4-7(2)14-6-8(5-13)9(10,11)12/h1,7-8,14H,4,6H2,2H3. The Kier molecular flexibility index (Phi) is 5.04. The van der Waals surface area contributed by atoms with Gasteiger partial charge in [-0.1, -0.05) is 0 Å². The molecule has 0 rings (SSSR count). The van der Waals surface area contributed by atoms with Crippen molar-refractivity contribution in [1.29, 1.82) is 5.26 Å². The van der Waals surface area contributed by atoms with E-state index in [-0.39, 0.29) is 6.04 Å². The second-order valence-electron chi connectivity index (χ2n) is 2.94. The van der Waals surface area contributed by atoms with Gasteiger partial charge in [0, 0.05) is 19.0 Å². The summed E-state index contributed by atoms with van der Waals surface area (Å²) in [6.45, 7) is 1.26. The van der Waals surface area contributed by atoms with Crippen molar-refractivity contribution in [2.24, 2.45) is 5.92 Å². The monoisotopic (exact) mass is 204 g/mol. The molecule has 0 aliphatic carbocycles. The van der Waals surface area contributed by atoms with Crippen LogP contribution in [-0.2, 0) is 0 Å². The third kappa shape index (κ3) is 4.74. The highest BCUT2D eigenvalue weighted by molar-refractivity contribution is 4.92. The maximum absolute atomic E-state index is 12.1. The first-order chi connectivity index (χ1) is 6.41. The average molecular weight is 204 g/mol. The van der Waals surface area contributed by atoms with Crippen molar-refractivity contribution in [3.63, 3.8) is 0 Å². The van der Waals surface area contributed by atoms with E-state index in [0.717, 1.165) is 0 Å². The van der Waals surface area contributed by atoms with E-state index in [2.05, 4.69) is 11.2 Å². The van der Waals surface area contributed by atoms with Crippen LogP contribution in [0.4, 0.5) is 13.2 Å². The minimum absolute atomic E-state index is 0.210. The fourth-order valence-electron chi connectivity index (χ4n) is 0.803. The van der Waals surface area contributed by atoms with Gasteiger partial charge in [0.1, 0.15) is 0 Å². The molecule has 0 spiro atoms. The lowest BCUT2D eigenvalue weighted by Gasteiger charge is -2.16. The maximum Gasteiger partial charge on any atom is 0.405 e. The second-order valence-corrected chi connectivity index (χ2v) is 2.94. The van der Waals surface area contributed by atoms with E-state index >= 15 is 0 Å². The van der Waals surface area contributed by atoms with Crippen LogP contribution >= 0.6 is 0 Å². The predicted octanol–water partition coefficient (Wildman–Crippen LogP) is 1.69. The van der Waals surface area contributed by atoms with Gasteiger partial charge in [-0.05, 0) is 6.92 Å². The van der Waals surface area contributed by atoms with E-state index in [0.29, 0.717) is 6.42 Å². The molecule has 0 fully saturated rings. The number of hydrogen-bond donors (Lipinski definition) is 1. The highest BCUT2D eigenvalue weighted by Crippen LogP contribution is 2.24. The van der Waals surface area contributed by atoms with Gasteiger partial charge >= 0.3 is 6.18 Å². The minimum atomic E-state index is -4.47. The molecular formula is C9H11F3N2. The summed E-state index contributed by atoms with van der Waals surface area (Å²) in [7, 11) is 0. The molecule has 0 aromatic rings. The van der Waals surface area contributed by atoms with Crippen LogP contribution in [0.15, 0.2) is 0 Å². The molecule has 78 valence electrons. The lowest BCUT2D eigenvalue weighted by molar-refractivity contribution is -0.157. The fourth-order valence-corrected chi connectivity index (χ4v) is 0.803. The lowest BCUT2D eigenvalue weighted by Crippen LogP contribution is -2.36. The first kappa shape index (κ1) is 12.8. The molecule has 0 aliphatic heterocycles. The molecule has 2 nitrogen and oxygen atoms in total. The number of nitrogens with zero attached hydrogens (tertiary/aromatic N) is 1. The number of halogens is 3. The smallest absolute Gasteiger partial charge is 0.312 e. The number of terminal acetylenes is 1. The van der Waals surface area contributed by atoms with Crippen molar-refractivity contribution >= 4 is 0 Å². The summed E-state index contributed by atoms with van der Waals surface area (Å²) in [6.07, 6.45) is 0.846. The molecule has 0 saturated carbocycles. The van der Waals surface area contributed by atoms with E-state index in [1.54, 1.807) is 6.92 Å². The van der Waals surface area contributed by atoms with E-state index in [9.17, 15) is 13.2 Å². The van der Waals surface area contributed by atoms with E-state index < -0.39 is 18.6 Å². The molecule has 1 N–H and O–H groups in total. The fraction of sp³-hybridized carbons (Fsp3) is 0.667. The van der Waals surface area contributed by atoms with Crippen LogP contribution in [0.3, 0.4) is 0 Å². The van der Waals surface area contributed by atoms with E-state index in [4.69, 9.17) is 11.7 Å². The average Bonchev–Trinajstić information content (AvgIpc) is 2.03. The van der Waals surface area contributed by atoms with Gasteiger partial charge < -0.3 is 5.32 Å². The summed E-state index contributed by atoms with van der Waals surface area (Å²) in [5, 5.41) is 10.8. The van der Waals surface area contributed by atoms with Crippen LogP contribution < -0.4 is 5.32 Å². The molecule has 0 aromatic carbocycles. The Morgan fingerprint density at radius 2 is 2.07 bits per heavy atom. The van der Waals surface area contributed by atoms with Crippen LogP contribution in [0.5, 0.6) is 0 Å². The molecule has 0 bridgehead atoms. The quantitative estimate of drug-likeness (QED) is 0.707. The largest absolute Gasteiger partial charge is 0.405 e. The maximum atomic E-state index is 12.1. The van der Waals surface area contributed by atoms with Gasteiger partial charge in [-0.2, -0.15) is 18.4 Å². The topological polar surface area (TPSA) is 35.8 Å². The van der Waals surface area contributed by atoms with Gasteiger partial charge in [-0.15, -0.1) is 12.3 Å². The molecule has 0 saturated heterocycles. The molecule has 0 radical (unpaired) electrons. The van der Waals surface area contributed by atoms with Gasteiger partial charge in [0.2, 0.25) is 0 Å². The zero-order valence-electron chi connectivity index (χ0n) is 7.73. The molecule has 0 amide bonds. The molecule has 0 aromatic heterocycles. The van der Waals surface area contributed by atoms with Gasteiger partial charge in [0.15, 0.2) is 5.92 Å². The Morgan fingerprint density at radius 3 is 2.43 bits per heavy atom. The number of nitriles is 1. The summed E-state index contributed by atoms with van der Waals surface area (Å²) in [5.74, 6) is 0.352. The number of nitrogens with one attached hydrogen (secondary N) is 1. The first-order valence-corrected chi connectivity index (χ1v) is 4.05. The zero-order chi connectivity index (χ0) is 11.2. The van der Waals surface area contributed by atoms with Crippen molar-refractivity contribution in [3.05, 3.63) is 0 Å². The normalized spacial score (nSPS) is 15.3. The molecule has 2 unspecified atom stereocenters. The van der Waals surface area contributed by atoms with Crippen LogP contribution in [0.25, 0.3) is 0 Å². The van der Waals surface area contributed by atoms with Gasteiger partial charge in [-0.3, -0.25) is 0 Å². The van der Waals surface area contributed by atoms with Crippen LogP contribution in [0.2, 0.25) is 0 Å². The van der Waals surface area contributed by atoms with Gasteiger partial charge in [0.05, 0.1) is 6.07 Å². The minimum Gasteiger partial charge on any atom is -0.312 e. The lowest BCUT2D eigenvalue weighted by atomic mass is 10.1. The van der Waals surface area contributed by atoms with Crippen LogP contribution in [0, 0.1) is 29.6 Å². The second kappa shape index (κ2) is 5.51. The van der Waals surface area contributed by atoms with Crippen molar-refractivity contribution in [1.82, 2.24) is 5.32 Å². The molecule has 0 heterocycles. The Bertz CT molecular complexity index is 246. The Morgan fingerprint density at radius 1 is 1.50 bits per heavy atom. The van der Waals surface area contributed by atoms with Crippen LogP contribution in [-0.4, -0.2) is 18.8 Å². The van der Waals surface area contributed by atoms with Crippen LogP contribution in [0.1, 0.15) is 13.3 Å². The van der Waals surface area contributed by atoms with Gasteiger partial charge in [0.25, 0.3) is 0 Å². The van der Waals surface area contributed by atoms with E-state index in [1.165, 1.54) is 6.07 Å². The highest BCUT2D eigenvalue weighted by atomic mass is 19.4. The summed E-state index contributed by atoms with van der Waals surface area (Å²) in [5.41, 5.74) is 0. The number of rotatable bonds is 4. The SMILES string of the molecule is C#CCC(C)NCC(C#N)C(F)(F)F. The summed E-state index contributed by atoms with van der Waals surface area (Å²) in [4.78, 5) is 0. The molecule has 5 heteroatoms. The molecule has 2 atom stereocenters. The molecular weight excluding hydrogens is 193 g/mol. The first-order valence-electron chi connectivity index (χ1n) is 4.05. The van der Waals surface area contributed by atoms with Crippen molar-refractivity contribution in [2.75, 3.05) is 6.54 Å². The summed E-state index contributed by atoms with van der Waals surface area (Å²) in [6, 6.07) is 0.990. The van der Waals surface area contributed by atoms with Gasteiger partial charge in [-0.25, -0.2) is 0 Å². The Balaban J connectivity index is 4.00. The Hall–Kier alpha value is -1.20. The summed E-state index contributed by atoms with van der Waals surface area (Å²) >= 11 is 0. The van der Waals surface area contributed by atoms with Crippen molar-refractivity contribution in [3.8, 4) is 18.4 Å².